The van der Waals surface area contributed by atoms with E-state index < -0.39 is 11.6 Å². The van der Waals surface area contributed by atoms with E-state index in [1.165, 1.54) is 18.2 Å². The van der Waals surface area contributed by atoms with Gasteiger partial charge in [-0.25, -0.2) is 15.0 Å². The molecule has 0 radical (unpaired) electrons. The van der Waals surface area contributed by atoms with Gasteiger partial charge >= 0.3 is 0 Å². The average Bonchev–Trinajstić information content (AvgIpc) is 3.19. The van der Waals surface area contributed by atoms with Crippen LogP contribution in [0.1, 0.15) is 18.2 Å². The number of carbonyl (C=O) groups excluding carboxylic acids is 1. The van der Waals surface area contributed by atoms with Gasteiger partial charge in [-0.2, -0.15) is 13.9 Å². The van der Waals surface area contributed by atoms with Crippen molar-refractivity contribution in [3.05, 3.63) is 78.5 Å². The molecule has 0 saturated heterocycles. The van der Waals surface area contributed by atoms with Crippen LogP contribution in [0.4, 0.5) is 26.2 Å². The Hall–Kier alpha value is -4.21. The van der Waals surface area contributed by atoms with Crippen molar-refractivity contribution in [3.63, 3.8) is 0 Å². The second kappa shape index (κ2) is 9.11. The number of anilines is 3. The fourth-order valence-corrected chi connectivity index (χ4v) is 3.09. The van der Waals surface area contributed by atoms with Crippen LogP contribution in [0.3, 0.4) is 0 Å². The van der Waals surface area contributed by atoms with Crippen molar-refractivity contribution in [2.45, 2.75) is 19.3 Å². The first-order chi connectivity index (χ1) is 15.8. The van der Waals surface area contributed by atoms with Gasteiger partial charge in [0.1, 0.15) is 11.5 Å². The molecule has 0 fully saturated rings. The van der Waals surface area contributed by atoms with Gasteiger partial charge in [0.05, 0.1) is 18.3 Å². The Morgan fingerprint density at radius 1 is 1.03 bits per heavy atom. The number of benzene rings is 1. The number of hydrogen-bond donors (Lipinski definition) is 2. The molecule has 3 aromatic heterocycles. The summed E-state index contributed by atoms with van der Waals surface area (Å²) in [6, 6.07) is 11.5. The van der Waals surface area contributed by atoms with Gasteiger partial charge in [0.25, 0.3) is 5.92 Å². The summed E-state index contributed by atoms with van der Waals surface area (Å²) in [4.78, 5) is 24.8. The lowest BCUT2D eigenvalue weighted by molar-refractivity contribution is -0.115. The van der Waals surface area contributed by atoms with E-state index in [-0.39, 0.29) is 18.1 Å². The van der Waals surface area contributed by atoms with Gasteiger partial charge in [-0.05, 0) is 23.3 Å². The van der Waals surface area contributed by atoms with Gasteiger partial charge in [0, 0.05) is 38.1 Å². The number of carbonyl (C=O) groups is 1. The maximum Gasteiger partial charge on any atom is 0.287 e. The smallest absolute Gasteiger partial charge is 0.287 e. The van der Waals surface area contributed by atoms with Gasteiger partial charge in [0.2, 0.25) is 11.9 Å². The second-order valence-corrected chi connectivity index (χ2v) is 7.54. The molecule has 0 bridgehead atoms. The minimum absolute atomic E-state index is 0.0825. The quantitative estimate of drug-likeness (QED) is 0.436. The van der Waals surface area contributed by atoms with E-state index in [0.29, 0.717) is 5.95 Å². The zero-order valence-corrected chi connectivity index (χ0v) is 18.0. The predicted molar refractivity (Wildman–Crippen MR) is 120 cm³/mol. The predicted octanol–water partition coefficient (Wildman–Crippen LogP) is 4.31. The largest absolute Gasteiger partial charge is 0.321 e. The summed E-state index contributed by atoms with van der Waals surface area (Å²) in [5.41, 5.74) is 2.88. The van der Waals surface area contributed by atoms with E-state index in [1.54, 1.807) is 23.3 Å². The minimum atomic E-state index is -3.08. The van der Waals surface area contributed by atoms with E-state index in [2.05, 4.69) is 30.7 Å². The molecule has 3 heterocycles. The first kappa shape index (κ1) is 22.0. The molecule has 1 amide bonds. The number of nitrogens with one attached hydrogen (secondary N) is 2. The fourth-order valence-electron chi connectivity index (χ4n) is 3.09. The highest BCUT2D eigenvalue weighted by Gasteiger charge is 2.26. The minimum Gasteiger partial charge on any atom is -0.321 e. The highest BCUT2D eigenvalue weighted by Crippen LogP contribution is 2.26. The molecule has 0 aliphatic carbocycles. The summed E-state index contributed by atoms with van der Waals surface area (Å²) < 4.78 is 28.5. The number of aryl methyl sites for hydroxylation is 1. The molecule has 10 heteroatoms. The van der Waals surface area contributed by atoms with Crippen LogP contribution in [0, 0.1) is 0 Å². The van der Waals surface area contributed by atoms with E-state index in [1.807, 2.05) is 37.5 Å². The summed E-state index contributed by atoms with van der Waals surface area (Å²) in [6.07, 6.45) is 6.99. The summed E-state index contributed by atoms with van der Waals surface area (Å²) in [5.74, 6) is -2.87. The molecule has 0 atom stereocenters. The molecule has 168 valence electrons. The highest BCUT2D eigenvalue weighted by molar-refractivity contribution is 5.91. The monoisotopic (exact) mass is 449 g/mol. The second-order valence-electron chi connectivity index (χ2n) is 7.54. The number of rotatable bonds is 7. The number of alkyl halides is 2. The van der Waals surface area contributed by atoms with Gasteiger partial charge in [-0.1, -0.05) is 30.3 Å². The van der Waals surface area contributed by atoms with Gasteiger partial charge in [0.15, 0.2) is 0 Å². The zero-order chi connectivity index (χ0) is 23.4. The summed E-state index contributed by atoms with van der Waals surface area (Å²) in [5, 5.41) is 9.71. The summed E-state index contributed by atoms with van der Waals surface area (Å²) in [6.45, 7) is 0.762. The van der Waals surface area contributed by atoms with Gasteiger partial charge in [-0.15, -0.1) is 0 Å². The molecule has 0 aliphatic rings. The Kier molecular flexibility index (Phi) is 6.07. The lowest BCUT2D eigenvalue weighted by Crippen LogP contribution is -2.17. The van der Waals surface area contributed by atoms with Crippen LogP contribution in [0.25, 0.3) is 11.1 Å². The van der Waals surface area contributed by atoms with Crippen LogP contribution in [0.5, 0.6) is 0 Å². The van der Waals surface area contributed by atoms with Crippen LogP contribution in [-0.2, 0) is 24.2 Å². The maximum atomic E-state index is 13.4. The third-order valence-electron chi connectivity index (χ3n) is 4.73. The van der Waals surface area contributed by atoms with Crippen molar-refractivity contribution < 1.29 is 13.6 Å². The summed E-state index contributed by atoms with van der Waals surface area (Å²) >= 11 is 0. The number of halogens is 2. The van der Waals surface area contributed by atoms with Crippen molar-refractivity contribution >= 4 is 23.4 Å². The van der Waals surface area contributed by atoms with Crippen molar-refractivity contribution in [1.29, 1.82) is 0 Å². The SMILES string of the molecule is Cn1cc(Nc2ncc(-c3ccc(CC(=O)Nc4cccc(C(C)(F)F)n4)cc3)cn2)cn1. The molecule has 8 nitrogen and oxygen atoms in total. The van der Waals surface area contributed by atoms with Gasteiger partial charge < -0.3 is 10.6 Å². The Morgan fingerprint density at radius 3 is 2.39 bits per heavy atom. The molecule has 0 aliphatic heterocycles. The molecule has 0 unspecified atom stereocenters. The molecule has 4 aromatic rings. The lowest BCUT2D eigenvalue weighted by Gasteiger charge is -2.11. The van der Waals surface area contributed by atoms with Crippen LogP contribution in [-0.4, -0.2) is 30.6 Å². The van der Waals surface area contributed by atoms with Crippen LogP contribution >= 0.6 is 0 Å². The highest BCUT2D eigenvalue weighted by atomic mass is 19.3. The number of pyridine rings is 1. The van der Waals surface area contributed by atoms with Crippen LogP contribution < -0.4 is 10.6 Å². The van der Waals surface area contributed by atoms with E-state index >= 15 is 0 Å². The molecule has 2 N–H and O–H groups in total. The lowest BCUT2D eigenvalue weighted by atomic mass is 10.1. The molecular weight excluding hydrogens is 428 g/mol. The van der Waals surface area contributed by atoms with Crippen LogP contribution in [0.2, 0.25) is 0 Å². The van der Waals surface area contributed by atoms with Crippen LogP contribution in [0.15, 0.2) is 67.3 Å². The number of amides is 1. The number of aromatic nitrogens is 5. The van der Waals surface area contributed by atoms with Crippen molar-refractivity contribution in [1.82, 2.24) is 24.7 Å². The zero-order valence-electron chi connectivity index (χ0n) is 18.0. The number of nitrogens with zero attached hydrogens (tertiary/aromatic N) is 5. The van der Waals surface area contributed by atoms with E-state index in [0.717, 1.165) is 29.3 Å². The molecular formula is C23H21F2N7O. The Morgan fingerprint density at radius 2 is 1.76 bits per heavy atom. The topological polar surface area (TPSA) is 97.6 Å². The average molecular weight is 449 g/mol. The Bertz CT molecular complexity index is 1250. The normalized spacial score (nSPS) is 11.3. The molecule has 0 saturated carbocycles. The van der Waals surface area contributed by atoms with E-state index in [4.69, 9.17) is 0 Å². The first-order valence-electron chi connectivity index (χ1n) is 10.1. The molecule has 0 spiro atoms. The first-order valence-corrected chi connectivity index (χ1v) is 10.1. The van der Waals surface area contributed by atoms with Crippen molar-refractivity contribution in [3.8, 4) is 11.1 Å². The molecule has 33 heavy (non-hydrogen) atoms. The third-order valence-corrected chi connectivity index (χ3v) is 4.73. The Balaban J connectivity index is 1.36. The van der Waals surface area contributed by atoms with Crippen molar-refractivity contribution in [2.24, 2.45) is 7.05 Å². The molecule has 1 aromatic carbocycles. The summed E-state index contributed by atoms with van der Waals surface area (Å²) in [7, 11) is 1.82. The Labute approximate surface area is 188 Å². The third kappa shape index (κ3) is 5.73. The van der Waals surface area contributed by atoms with Crippen molar-refractivity contribution in [2.75, 3.05) is 10.6 Å². The molecule has 4 rings (SSSR count). The van der Waals surface area contributed by atoms with E-state index in [9.17, 15) is 13.6 Å². The van der Waals surface area contributed by atoms with Gasteiger partial charge in [-0.3, -0.25) is 9.48 Å². The maximum absolute atomic E-state index is 13.4. The number of hydrogen-bond acceptors (Lipinski definition) is 6. The standard InChI is InChI=1S/C23H21F2N7O/c1-23(24,25)19-4-3-5-20(30-19)31-21(33)10-15-6-8-16(9-7-15)17-11-26-22(27-12-17)29-18-13-28-32(2)14-18/h3-9,11-14H,10H2,1-2H3,(H,26,27,29)(H,30,31,33). The fraction of sp³-hybridized carbons (Fsp3) is 0.174.